The van der Waals surface area contributed by atoms with Gasteiger partial charge in [-0.15, -0.1) is 0 Å². The molecule has 3 rings (SSSR count). The Bertz CT molecular complexity index is 987. The molecule has 0 aliphatic heterocycles. The van der Waals surface area contributed by atoms with E-state index in [0.29, 0.717) is 6.54 Å². The normalized spacial score (nSPS) is 11.0. The van der Waals surface area contributed by atoms with E-state index in [-0.39, 0.29) is 24.3 Å². The fourth-order valence-electron chi connectivity index (χ4n) is 2.99. The number of aromatic nitrogens is 2. The Morgan fingerprint density at radius 3 is 2.15 bits per heavy atom. The van der Waals surface area contributed by atoms with Crippen LogP contribution in [0.4, 0.5) is 14.5 Å². The van der Waals surface area contributed by atoms with Crippen molar-refractivity contribution < 1.29 is 13.6 Å². The van der Waals surface area contributed by atoms with Gasteiger partial charge in [0, 0.05) is 31.3 Å². The number of para-hydroxylation sites is 2. The fraction of sp³-hybridized carbons (Fsp3) is 0.263. The molecule has 26 heavy (non-hydrogen) atoms. The first-order valence-electron chi connectivity index (χ1n) is 8.43. The standard InChI is InChI=1S/C19H19F2N3O2/c1-2-8-23-16-5-3-4-6-17(16)24(19(23)26)9-7-18(25)22-15-11-13(20)10-14(21)12-15/h3-6,10-12H,2,7-9H2,1H3,(H,22,25). The number of halogens is 2. The summed E-state index contributed by atoms with van der Waals surface area (Å²) in [6, 6.07) is 10.2. The van der Waals surface area contributed by atoms with Crippen LogP contribution in [-0.2, 0) is 17.9 Å². The number of rotatable bonds is 6. The molecule has 2 aromatic carbocycles. The van der Waals surface area contributed by atoms with Gasteiger partial charge in [0.1, 0.15) is 11.6 Å². The molecular weight excluding hydrogens is 340 g/mol. The van der Waals surface area contributed by atoms with Crippen molar-refractivity contribution in [3.8, 4) is 0 Å². The third-order valence-electron chi connectivity index (χ3n) is 4.08. The average molecular weight is 359 g/mol. The van der Waals surface area contributed by atoms with Crippen LogP contribution < -0.4 is 11.0 Å². The number of amides is 1. The summed E-state index contributed by atoms with van der Waals surface area (Å²) in [6.07, 6.45) is 0.831. The Morgan fingerprint density at radius 2 is 1.58 bits per heavy atom. The zero-order chi connectivity index (χ0) is 18.7. The number of anilines is 1. The predicted octanol–water partition coefficient (Wildman–Crippen LogP) is 3.52. The van der Waals surface area contributed by atoms with Crippen LogP contribution in [0.5, 0.6) is 0 Å². The van der Waals surface area contributed by atoms with Crippen LogP contribution in [-0.4, -0.2) is 15.0 Å². The molecule has 1 N–H and O–H groups in total. The minimum absolute atomic E-state index is 0.0121. The largest absolute Gasteiger partial charge is 0.329 e. The molecule has 5 nitrogen and oxygen atoms in total. The van der Waals surface area contributed by atoms with Crippen molar-refractivity contribution in [1.29, 1.82) is 0 Å². The molecule has 0 unspecified atom stereocenters. The maximum Gasteiger partial charge on any atom is 0.329 e. The molecule has 0 fully saturated rings. The lowest BCUT2D eigenvalue weighted by molar-refractivity contribution is -0.116. The zero-order valence-corrected chi connectivity index (χ0v) is 14.3. The van der Waals surface area contributed by atoms with E-state index in [1.54, 1.807) is 9.13 Å². The Hall–Kier alpha value is -2.96. The van der Waals surface area contributed by atoms with Crippen LogP contribution in [0.15, 0.2) is 47.3 Å². The summed E-state index contributed by atoms with van der Waals surface area (Å²) in [5.74, 6) is -1.95. The predicted molar refractivity (Wildman–Crippen MR) is 96.1 cm³/mol. The summed E-state index contributed by atoms with van der Waals surface area (Å²) in [4.78, 5) is 24.7. The van der Waals surface area contributed by atoms with Gasteiger partial charge < -0.3 is 5.32 Å². The van der Waals surface area contributed by atoms with Crippen LogP contribution in [0.3, 0.4) is 0 Å². The van der Waals surface area contributed by atoms with Gasteiger partial charge >= 0.3 is 5.69 Å². The van der Waals surface area contributed by atoms with Gasteiger partial charge in [-0.1, -0.05) is 19.1 Å². The SMILES string of the molecule is CCCn1c(=O)n(CCC(=O)Nc2cc(F)cc(F)c2)c2ccccc21. The molecule has 0 saturated heterocycles. The second-order valence-corrected chi connectivity index (χ2v) is 6.03. The first-order valence-corrected chi connectivity index (χ1v) is 8.43. The van der Waals surface area contributed by atoms with E-state index in [1.165, 1.54) is 0 Å². The van der Waals surface area contributed by atoms with E-state index >= 15 is 0 Å². The number of carbonyl (C=O) groups is 1. The fourth-order valence-corrected chi connectivity index (χ4v) is 2.99. The van der Waals surface area contributed by atoms with E-state index < -0.39 is 17.5 Å². The molecule has 0 aliphatic carbocycles. The minimum atomic E-state index is -0.765. The van der Waals surface area contributed by atoms with Gasteiger partial charge in [-0.3, -0.25) is 13.9 Å². The topological polar surface area (TPSA) is 56.0 Å². The van der Waals surface area contributed by atoms with Crippen molar-refractivity contribution in [1.82, 2.24) is 9.13 Å². The van der Waals surface area contributed by atoms with E-state index in [4.69, 9.17) is 0 Å². The first-order chi connectivity index (χ1) is 12.5. The molecule has 0 aliphatic rings. The van der Waals surface area contributed by atoms with E-state index in [1.807, 2.05) is 31.2 Å². The molecule has 0 bridgehead atoms. The third-order valence-corrected chi connectivity index (χ3v) is 4.08. The molecule has 0 radical (unpaired) electrons. The maximum atomic E-state index is 13.2. The highest BCUT2D eigenvalue weighted by Crippen LogP contribution is 2.15. The molecule has 1 amide bonds. The van der Waals surface area contributed by atoms with Crippen LogP contribution in [0.1, 0.15) is 19.8 Å². The Morgan fingerprint density at radius 1 is 1.00 bits per heavy atom. The summed E-state index contributed by atoms with van der Waals surface area (Å²) < 4.78 is 29.6. The van der Waals surface area contributed by atoms with E-state index in [0.717, 1.165) is 35.7 Å². The Kier molecular flexibility index (Phi) is 5.16. The number of fused-ring (bicyclic) bond motifs is 1. The molecule has 3 aromatic rings. The summed E-state index contributed by atoms with van der Waals surface area (Å²) in [5.41, 5.74) is 1.47. The quantitative estimate of drug-likeness (QED) is 0.732. The molecule has 7 heteroatoms. The molecule has 0 spiro atoms. The highest BCUT2D eigenvalue weighted by atomic mass is 19.1. The number of hydrogen-bond donors (Lipinski definition) is 1. The summed E-state index contributed by atoms with van der Waals surface area (Å²) >= 11 is 0. The van der Waals surface area contributed by atoms with Gasteiger partial charge in [0.2, 0.25) is 5.91 Å². The van der Waals surface area contributed by atoms with Gasteiger partial charge in [-0.2, -0.15) is 0 Å². The lowest BCUT2D eigenvalue weighted by Crippen LogP contribution is -2.26. The number of nitrogens with zero attached hydrogens (tertiary/aromatic N) is 2. The zero-order valence-electron chi connectivity index (χ0n) is 14.3. The smallest absolute Gasteiger partial charge is 0.326 e. The van der Waals surface area contributed by atoms with Crippen molar-refractivity contribution in [3.63, 3.8) is 0 Å². The van der Waals surface area contributed by atoms with Gasteiger partial charge in [0.05, 0.1) is 11.0 Å². The first kappa shape index (κ1) is 17.8. The van der Waals surface area contributed by atoms with Crippen LogP contribution >= 0.6 is 0 Å². The minimum Gasteiger partial charge on any atom is -0.326 e. The molecular formula is C19H19F2N3O2. The lowest BCUT2D eigenvalue weighted by Gasteiger charge is -2.06. The maximum absolute atomic E-state index is 13.2. The van der Waals surface area contributed by atoms with Crippen molar-refractivity contribution >= 4 is 22.6 Å². The summed E-state index contributed by atoms with van der Waals surface area (Å²) in [6.45, 7) is 2.77. The van der Waals surface area contributed by atoms with Gasteiger partial charge in [0.25, 0.3) is 0 Å². The van der Waals surface area contributed by atoms with Crippen LogP contribution in [0.2, 0.25) is 0 Å². The second kappa shape index (κ2) is 7.51. The number of nitrogens with one attached hydrogen (secondary N) is 1. The number of carbonyl (C=O) groups excluding carboxylic acids is 1. The van der Waals surface area contributed by atoms with Crippen molar-refractivity contribution in [2.45, 2.75) is 32.9 Å². The molecule has 136 valence electrons. The number of imidazole rings is 1. The molecule has 1 heterocycles. The summed E-state index contributed by atoms with van der Waals surface area (Å²) in [7, 11) is 0. The average Bonchev–Trinajstić information content (AvgIpc) is 2.84. The Labute approximate surface area is 148 Å². The Balaban J connectivity index is 1.78. The molecule has 0 atom stereocenters. The number of aryl methyl sites for hydroxylation is 2. The lowest BCUT2D eigenvalue weighted by atomic mass is 10.2. The second-order valence-electron chi connectivity index (χ2n) is 6.03. The third kappa shape index (κ3) is 3.66. The summed E-state index contributed by atoms with van der Waals surface area (Å²) in [5, 5.41) is 2.45. The van der Waals surface area contributed by atoms with Gasteiger partial charge in [-0.05, 0) is 30.7 Å². The van der Waals surface area contributed by atoms with E-state index in [9.17, 15) is 18.4 Å². The van der Waals surface area contributed by atoms with Crippen molar-refractivity contribution in [2.75, 3.05) is 5.32 Å². The highest BCUT2D eigenvalue weighted by molar-refractivity contribution is 5.90. The highest BCUT2D eigenvalue weighted by Gasteiger charge is 2.13. The van der Waals surface area contributed by atoms with Crippen LogP contribution in [0, 0.1) is 11.6 Å². The van der Waals surface area contributed by atoms with Gasteiger partial charge in [0.15, 0.2) is 0 Å². The number of hydrogen-bond acceptors (Lipinski definition) is 2. The van der Waals surface area contributed by atoms with Crippen LogP contribution in [0.25, 0.3) is 11.0 Å². The molecule has 0 saturated carbocycles. The van der Waals surface area contributed by atoms with Gasteiger partial charge in [-0.25, -0.2) is 13.6 Å². The van der Waals surface area contributed by atoms with E-state index in [2.05, 4.69) is 5.32 Å². The van der Waals surface area contributed by atoms with Crippen molar-refractivity contribution in [3.05, 3.63) is 64.6 Å². The number of benzene rings is 2. The molecule has 1 aromatic heterocycles. The monoisotopic (exact) mass is 359 g/mol. The van der Waals surface area contributed by atoms with Crippen molar-refractivity contribution in [2.24, 2.45) is 0 Å².